The summed E-state index contributed by atoms with van der Waals surface area (Å²) < 4.78 is 0. The van der Waals surface area contributed by atoms with Crippen molar-refractivity contribution in [2.45, 2.75) is 10.8 Å². The van der Waals surface area contributed by atoms with Gasteiger partial charge in [0.25, 0.3) is 0 Å². The second kappa shape index (κ2) is 14.9. The van der Waals surface area contributed by atoms with E-state index in [0.29, 0.717) is 0 Å². The monoisotopic (exact) mass is 801 g/mol. The summed E-state index contributed by atoms with van der Waals surface area (Å²) in [6.45, 7) is 0. The molecule has 10 aromatic carbocycles. The molecule has 12 rings (SSSR count). The molecule has 63 heavy (non-hydrogen) atoms. The molecular formula is C62H43N. The standard InChI is InChI=1S/C62H43N/c1-5-22-44(23-6-1)50-30-16-20-38-58(50)63(49-42-40-48(41-43-49)61(45-24-7-2-8-25-45)55-35-17-13-31-51(55)52-32-14-18-36-56(52)61)59-39-21-34-54-53-33-15-19-37-57(53)62(60(54)59,46-26-9-3-10-27-46)47-28-11-4-12-29-47/h1-43H. The molecule has 0 atom stereocenters. The molecule has 2 aliphatic rings. The fraction of sp³-hybridized carbons (Fsp3) is 0.0323. The minimum atomic E-state index is -0.598. The molecule has 0 unspecified atom stereocenters. The molecule has 296 valence electrons. The minimum absolute atomic E-state index is 0.495. The van der Waals surface area contributed by atoms with Crippen LogP contribution in [0, 0.1) is 0 Å². The summed E-state index contributed by atoms with van der Waals surface area (Å²) in [5.74, 6) is 0. The highest BCUT2D eigenvalue weighted by Gasteiger charge is 2.49. The lowest BCUT2D eigenvalue weighted by atomic mass is 9.67. The molecule has 2 aliphatic carbocycles. The van der Waals surface area contributed by atoms with Gasteiger partial charge < -0.3 is 4.90 Å². The Balaban J connectivity index is 1.15. The molecule has 0 heterocycles. The van der Waals surface area contributed by atoms with E-state index in [1.165, 1.54) is 77.9 Å². The SMILES string of the molecule is c1ccc(-c2ccccc2N(c2ccc(C3(c4ccccc4)c4ccccc4-c4ccccc43)cc2)c2cccc3c2C(c2ccccc2)(c2ccccc2)c2ccccc2-3)cc1. The van der Waals surface area contributed by atoms with Crippen LogP contribution >= 0.6 is 0 Å². The largest absolute Gasteiger partial charge is 0.310 e. The smallest absolute Gasteiger partial charge is 0.0734 e. The lowest BCUT2D eigenvalue weighted by Crippen LogP contribution is -2.30. The van der Waals surface area contributed by atoms with Crippen LogP contribution in [-0.4, -0.2) is 0 Å². The van der Waals surface area contributed by atoms with Gasteiger partial charge in [0.15, 0.2) is 0 Å². The third-order valence-corrected chi connectivity index (χ3v) is 13.6. The quantitative estimate of drug-likeness (QED) is 0.148. The first-order chi connectivity index (χ1) is 31.3. The van der Waals surface area contributed by atoms with Gasteiger partial charge in [-0.3, -0.25) is 0 Å². The zero-order chi connectivity index (χ0) is 41.8. The molecule has 0 bridgehead atoms. The highest BCUT2D eigenvalue weighted by molar-refractivity contribution is 5.97. The Hall–Kier alpha value is -8.00. The second-order valence-corrected chi connectivity index (χ2v) is 16.7. The van der Waals surface area contributed by atoms with Gasteiger partial charge in [0, 0.05) is 16.8 Å². The van der Waals surface area contributed by atoms with E-state index in [9.17, 15) is 0 Å². The van der Waals surface area contributed by atoms with E-state index in [1.807, 2.05) is 0 Å². The molecule has 1 heteroatoms. The van der Waals surface area contributed by atoms with Crippen LogP contribution in [0.2, 0.25) is 0 Å². The van der Waals surface area contributed by atoms with Gasteiger partial charge in [-0.05, 0) is 91.0 Å². The van der Waals surface area contributed by atoms with Gasteiger partial charge in [-0.15, -0.1) is 0 Å². The van der Waals surface area contributed by atoms with Gasteiger partial charge in [-0.25, -0.2) is 0 Å². The number of para-hydroxylation sites is 1. The summed E-state index contributed by atoms with van der Waals surface area (Å²) in [6, 6.07) is 96.5. The predicted molar refractivity (Wildman–Crippen MR) is 261 cm³/mol. The third kappa shape index (κ3) is 5.43. The zero-order valence-corrected chi connectivity index (χ0v) is 34.8. The zero-order valence-electron chi connectivity index (χ0n) is 34.8. The normalized spacial score (nSPS) is 13.7. The maximum atomic E-state index is 2.53. The van der Waals surface area contributed by atoms with Crippen molar-refractivity contribution < 1.29 is 0 Å². The maximum Gasteiger partial charge on any atom is 0.0734 e. The van der Waals surface area contributed by atoms with Crippen LogP contribution in [0.25, 0.3) is 33.4 Å². The van der Waals surface area contributed by atoms with Gasteiger partial charge in [0.1, 0.15) is 0 Å². The van der Waals surface area contributed by atoms with E-state index >= 15 is 0 Å². The fourth-order valence-corrected chi connectivity index (χ4v) is 11.2. The number of hydrogen-bond acceptors (Lipinski definition) is 1. The Labute approximate surface area is 369 Å². The summed E-state index contributed by atoms with van der Waals surface area (Å²) in [5, 5.41) is 0. The van der Waals surface area contributed by atoms with Crippen LogP contribution in [0.1, 0.15) is 44.5 Å². The first kappa shape index (κ1) is 36.8. The maximum absolute atomic E-state index is 2.53. The molecule has 0 fully saturated rings. The molecule has 0 aliphatic heterocycles. The van der Waals surface area contributed by atoms with Crippen LogP contribution in [0.3, 0.4) is 0 Å². The minimum Gasteiger partial charge on any atom is -0.310 e. The first-order valence-corrected chi connectivity index (χ1v) is 21.9. The van der Waals surface area contributed by atoms with Crippen molar-refractivity contribution in [3.05, 3.63) is 305 Å². The highest BCUT2D eigenvalue weighted by Crippen LogP contribution is 2.61. The molecule has 0 saturated carbocycles. The Morgan fingerprint density at radius 2 is 0.603 bits per heavy atom. The van der Waals surface area contributed by atoms with Crippen LogP contribution in [0.5, 0.6) is 0 Å². The van der Waals surface area contributed by atoms with Gasteiger partial charge in [-0.2, -0.15) is 0 Å². The van der Waals surface area contributed by atoms with Crippen LogP contribution in [-0.2, 0) is 10.8 Å². The van der Waals surface area contributed by atoms with E-state index < -0.39 is 10.8 Å². The average Bonchev–Trinajstić information content (AvgIpc) is 3.85. The average molecular weight is 802 g/mol. The van der Waals surface area contributed by atoms with E-state index in [4.69, 9.17) is 0 Å². The van der Waals surface area contributed by atoms with Crippen molar-refractivity contribution in [2.75, 3.05) is 4.90 Å². The molecule has 0 aromatic heterocycles. The first-order valence-electron chi connectivity index (χ1n) is 21.9. The fourth-order valence-electron chi connectivity index (χ4n) is 11.2. The highest BCUT2D eigenvalue weighted by atomic mass is 15.1. The summed E-state index contributed by atoms with van der Waals surface area (Å²) >= 11 is 0. The molecule has 0 saturated heterocycles. The Kier molecular flexibility index (Phi) is 8.69. The Morgan fingerprint density at radius 3 is 1.14 bits per heavy atom. The van der Waals surface area contributed by atoms with Crippen LogP contribution in [0.4, 0.5) is 17.1 Å². The van der Waals surface area contributed by atoms with Crippen molar-refractivity contribution in [2.24, 2.45) is 0 Å². The van der Waals surface area contributed by atoms with Crippen molar-refractivity contribution in [1.82, 2.24) is 0 Å². The van der Waals surface area contributed by atoms with Crippen LogP contribution in [0.15, 0.2) is 261 Å². The number of anilines is 3. The molecule has 0 N–H and O–H groups in total. The number of fused-ring (bicyclic) bond motifs is 6. The number of benzene rings is 10. The summed E-state index contributed by atoms with van der Waals surface area (Å²) in [6.07, 6.45) is 0. The second-order valence-electron chi connectivity index (χ2n) is 16.7. The van der Waals surface area contributed by atoms with Crippen molar-refractivity contribution in [3.63, 3.8) is 0 Å². The third-order valence-electron chi connectivity index (χ3n) is 13.6. The number of hydrogen-bond donors (Lipinski definition) is 0. The Morgan fingerprint density at radius 1 is 0.238 bits per heavy atom. The number of rotatable bonds is 8. The van der Waals surface area contributed by atoms with E-state index in [0.717, 1.165) is 17.1 Å². The topological polar surface area (TPSA) is 3.24 Å². The van der Waals surface area contributed by atoms with E-state index in [-0.39, 0.29) is 0 Å². The summed E-state index contributed by atoms with van der Waals surface area (Å²) in [4.78, 5) is 2.53. The lowest BCUT2D eigenvalue weighted by molar-refractivity contribution is 0.766. The Bertz CT molecular complexity index is 3180. The van der Waals surface area contributed by atoms with Crippen molar-refractivity contribution in [1.29, 1.82) is 0 Å². The summed E-state index contributed by atoms with van der Waals surface area (Å²) in [7, 11) is 0. The van der Waals surface area contributed by atoms with Crippen molar-refractivity contribution in [3.8, 4) is 33.4 Å². The van der Waals surface area contributed by atoms with E-state index in [1.54, 1.807) is 0 Å². The molecule has 10 aromatic rings. The molecular weight excluding hydrogens is 759 g/mol. The van der Waals surface area contributed by atoms with Gasteiger partial charge >= 0.3 is 0 Å². The molecule has 0 radical (unpaired) electrons. The number of nitrogens with zero attached hydrogens (tertiary/aromatic N) is 1. The molecule has 1 nitrogen and oxygen atoms in total. The summed E-state index contributed by atoms with van der Waals surface area (Å²) in [5.41, 5.74) is 19.8. The van der Waals surface area contributed by atoms with Gasteiger partial charge in [0.2, 0.25) is 0 Å². The predicted octanol–water partition coefficient (Wildman–Crippen LogP) is 15.5. The molecule has 0 spiro atoms. The van der Waals surface area contributed by atoms with Crippen molar-refractivity contribution >= 4 is 17.1 Å². The lowest BCUT2D eigenvalue weighted by Gasteiger charge is -2.38. The van der Waals surface area contributed by atoms with Crippen LogP contribution < -0.4 is 4.90 Å². The van der Waals surface area contributed by atoms with E-state index in [2.05, 4.69) is 266 Å². The van der Waals surface area contributed by atoms with Gasteiger partial charge in [0.05, 0.1) is 22.2 Å². The van der Waals surface area contributed by atoms with Gasteiger partial charge in [-0.1, -0.05) is 237 Å². The molecule has 0 amide bonds.